The summed E-state index contributed by atoms with van der Waals surface area (Å²) < 4.78 is 64.2. The van der Waals surface area contributed by atoms with Crippen LogP contribution in [0.4, 0.5) is 18.9 Å². The van der Waals surface area contributed by atoms with Crippen molar-refractivity contribution in [1.82, 2.24) is 0 Å². The van der Waals surface area contributed by atoms with Gasteiger partial charge in [-0.05, 0) is 6.92 Å². The van der Waals surface area contributed by atoms with Gasteiger partial charge in [0, 0.05) is 10.3 Å². The third-order valence-corrected chi connectivity index (χ3v) is 3.91. The monoisotopic (exact) mass is 303 g/mol. The lowest BCUT2D eigenvalue weighted by Crippen LogP contribution is -2.30. The number of methoxy groups -OCH3 is 1. The van der Waals surface area contributed by atoms with Gasteiger partial charge in [-0.3, -0.25) is 4.72 Å². The molecular weight excluding hydrogens is 295 g/mol. The molecule has 1 heterocycles. The Morgan fingerprint density at radius 3 is 2.44 bits per heavy atom. The van der Waals surface area contributed by atoms with Gasteiger partial charge in [0.05, 0.1) is 18.4 Å². The van der Waals surface area contributed by atoms with E-state index < -0.39 is 27.2 Å². The number of anilines is 1. The maximum atomic E-state index is 12.2. The lowest BCUT2D eigenvalue weighted by molar-refractivity contribution is -0.0429. The van der Waals surface area contributed by atoms with Crippen LogP contribution in [0.2, 0.25) is 0 Å². The number of carbonyl (C=O) groups excluding carboxylic acids is 1. The zero-order chi connectivity index (χ0) is 14.1. The molecular formula is C8H8F3NO4S2. The summed E-state index contributed by atoms with van der Waals surface area (Å²) in [6.07, 6.45) is 0. The number of alkyl halides is 3. The first-order valence-electron chi connectivity index (χ1n) is 4.35. The first-order valence-corrected chi connectivity index (χ1v) is 6.72. The number of thiophene rings is 1. The highest BCUT2D eigenvalue weighted by molar-refractivity contribution is 7.93. The summed E-state index contributed by atoms with van der Waals surface area (Å²) in [6, 6.07) is 0. The molecule has 0 aliphatic carbocycles. The van der Waals surface area contributed by atoms with Crippen LogP contribution in [0.25, 0.3) is 0 Å². The van der Waals surface area contributed by atoms with Gasteiger partial charge in [-0.1, -0.05) is 0 Å². The molecule has 1 aromatic rings. The van der Waals surface area contributed by atoms with Crippen LogP contribution in [0.5, 0.6) is 0 Å². The van der Waals surface area contributed by atoms with Gasteiger partial charge in [0.25, 0.3) is 0 Å². The molecule has 1 N–H and O–H groups in total. The van der Waals surface area contributed by atoms with Gasteiger partial charge in [-0.15, -0.1) is 11.3 Å². The average Bonchev–Trinajstić information content (AvgIpc) is 2.57. The highest BCUT2D eigenvalue weighted by atomic mass is 32.2. The van der Waals surface area contributed by atoms with Crippen molar-refractivity contribution in [1.29, 1.82) is 0 Å². The largest absolute Gasteiger partial charge is 0.516 e. The molecule has 0 spiro atoms. The summed E-state index contributed by atoms with van der Waals surface area (Å²) in [5.74, 6) is -0.917. The summed E-state index contributed by atoms with van der Waals surface area (Å²) >= 11 is 0.931. The lowest BCUT2D eigenvalue weighted by atomic mass is 10.2. The fourth-order valence-electron chi connectivity index (χ4n) is 1.03. The Morgan fingerprint density at radius 2 is 2.00 bits per heavy atom. The predicted molar refractivity (Wildman–Crippen MR) is 59.0 cm³/mol. The van der Waals surface area contributed by atoms with Crippen molar-refractivity contribution in [2.75, 3.05) is 11.8 Å². The average molecular weight is 303 g/mol. The molecule has 0 atom stereocenters. The van der Waals surface area contributed by atoms with Crippen molar-refractivity contribution >= 4 is 33.0 Å². The smallest absolute Gasteiger partial charge is 0.465 e. The van der Waals surface area contributed by atoms with E-state index in [-0.39, 0.29) is 10.4 Å². The maximum absolute atomic E-state index is 12.2. The summed E-state index contributed by atoms with van der Waals surface area (Å²) in [6.45, 7) is 1.38. The molecule has 18 heavy (non-hydrogen) atoms. The fourth-order valence-corrected chi connectivity index (χ4v) is 2.53. The van der Waals surface area contributed by atoms with E-state index in [1.807, 2.05) is 0 Å². The second-order valence-electron chi connectivity index (χ2n) is 3.12. The molecule has 0 aliphatic heterocycles. The van der Waals surface area contributed by atoms with Crippen LogP contribution < -0.4 is 4.72 Å². The molecule has 0 aromatic carbocycles. The quantitative estimate of drug-likeness (QED) is 0.868. The van der Waals surface area contributed by atoms with Crippen molar-refractivity contribution < 1.29 is 31.1 Å². The van der Waals surface area contributed by atoms with Crippen LogP contribution in [-0.4, -0.2) is 27.0 Å². The van der Waals surface area contributed by atoms with Crippen molar-refractivity contribution in [3.63, 3.8) is 0 Å². The number of sulfonamides is 1. The Morgan fingerprint density at radius 1 is 1.44 bits per heavy atom. The number of carbonyl (C=O) groups is 1. The number of aryl methyl sites for hydroxylation is 1. The third kappa shape index (κ3) is 2.75. The van der Waals surface area contributed by atoms with Crippen molar-refractivity contribution in [3.05, 3.63) is 15.8 Å². The van der Waals surface area contributed by atoms with E-state index in [1.165, 1.54) is 17.0 Å². The molecule has 0 unspecified atom stereocenters. The molecule has 0 radical (unpaired) electrons. The molecule has 0 amide bonds. The Kier molecular flexibility index (Phi) is 3.91. The zero-order valence-corrected chi connectivity index (χ0v) is 10.8. The van der Waals surface area contributed by atoms with Crippen LogP contribution in [0, 0.1) is 6.92 Å². The van der Waals surface area contributed by atoms with E-state index >= 15 is 0 Å². The highest BCUT2D eigenvalue weighted by Gasteiger charge is 2.46. The van der Waals surface area contributed by atoms with Gasteiger partial charge in [-0.2, -0.15) is 21.6 Å². The van der Waals surface area contributed by atoms with Crippen LogP contribution in [-0.2, 0) is 14.8 Å². The topological polar surface area (TPSA) is 72.5 Å². The molecule has 10 heteroatoms. The predicted octanol–water partition coefficient (Wildman–Crippen LogP) is 2.10. The molecule has 1 aromatic heterocycles. The summed E-state index contributed by atoms with van der Waals surface area (Å²) in [5, 5.41) is 1.22. The zero-order valence-electron chi connectivity index (χ0n) is 9.16. The summed E-state index contributed by atoms with van der Waals surface area (Å²) in [7, 11) is -4.52. The number of rotatable bonds is 3. The Hall–Kier alpha value is -1.29. The van der Waals surface area contributed by atoms with Gasteiger partial charge >= 0.3 is 21.5 Å². The number of nitrogens with one attached hydrogen (secondary N) is 1. The second-order valence-corrected chi connectivity index (χ2v) is 5.88. The van der Waals surface area contributed by atoms with E-state index in [0.29, 0.717) is 0 Å². The molecule has 5 nitrogen and oxygen atoms in total. The van der Waals surface area contributed by atoms with Gasteiger partial charge in [0.15, 0.2) is 0 Å². The molecule has 1 rings (SSSR count). The lowest BCUT2D eigenvalue weighted by Gasteiger charge is -2.11. The highest BCUT2D eigenvalue weighted by Crippen LogP contribution is 2.32. The molecule has 0 bridgehead atoms. The minimum absolute atomic E-state index is 0.225. The minimum Gasteiger partial charge on any atom is -0.465 e. The third-order valence-electron chi connectivity index (χ3n) is 1.92. The fraction of sp³-hybridized carbons (Fsp3) is 0.375. The van der Waals surface area contributed by atoms with Gasteiger partial charge in [0.1, 0.15) is 0 Å². The number of esters is 1. The van der Waals surface area contributed by atoms with Crippen molar-refractivity contribution in [3.8, 4) is 0 Å². The van der Waals surface area contributed by atoms with Crippen molar-refractivity contribution in [2.45, 2.75) is 12.4 Å². The normalized spacial score (nSPS) is 12.3. The van der Waals surface area contributed by atoms with Gasteiger partial charge < -0.3 is 4.74 Å². The minimum atomic E-state index is -5.56. The first-order chi connectivity index (χ1) is 8.10. The van der Waals surface area contributed by atoms with E-state index in [9.17, 15) is 26.4 Å². The SMILES string of the molecule is COC(=O)c1csc(C)c1NS(=O)(=O)C(F)(F)F. The Balaban J connectivity index is 3.21. The molecule has 0 saturated heterocycles. The molecule has 0 saturated carbocycles. The van der Waals surface area contributed by atoms with E-state index in [0.717, 1.165) is 18.4 Å². The number of hydrogen-bond donors (Lipinski definition) is 1. The first kappa shape index (κ1) is 14.8. The Bertz CT molecular complexity index is 561. The van der Waals surface area contributed by atoms with E-state index in [2.05, 4.69) is 4.74 Å². The van der Waals surface area contributed by atoms with E-state index in [4.69, 9.17) is 0 Å². The standard InChI is InChI=1S/C8H8F3NO4S2/c1-4-6(5(3-17-4)7(13)16-2)12-18(14,15)8(9,10)11/h3,12H,1-2H3. The van der Waals surface area contributed by atoms with Crippen LogP contribution >= 0.6 is 11.3 Å². The number of ether oxygens (including phenoxy) is 1. The van der Waals surface area contributed by atoms with Gasteiger partial charge in [0.2, 0.25) is 0 Å². The van der Waals surface area contributed by atoms with Crippen LogP contribution in [0.1, 0.15) is 15.2 Å². The van der Waals surface area contributed by atoms with Crippen molar-refractivity contribution in [2.24, 2.45) is 0 Å². The van der Waals surface area contributed by atoms with Crippen LogP contribution in [0.3, 0.4) is 0 Å². The molecule has 0 fully saturated rings. The second kappa shape index (κ2) is 4.76. The number of hydrogen-bond acceptors (Lipinski definition) is 5. The van der Waals surface area contributed by atoms with Crippen LogP contribution in [0.15, 0.2) is 5.38 Å². The molecule has 0 aliphatic rings. The van der Waals surface area contributed by atoms with Gasteiger partial charge in [-0.25, -0.2) is 4.79 Å². The number of halogens is 3. The molecule has 102 valence electrons. The maximum Gasteiger partial charge on any atom is 0.516 e. The van der Waals surface area contributed by atoms with E-state index in [1.54, 1.807) is 0 Å². The summed E-state index contributed by atoms with van der Waals surface area (Å²) in [4.78, 5) is 11.5. The Labute approximate surface area is 105 Å². The summed E-state index contributed by atoms with van der Waals surface area (Å²) in [5.41, 5.74) is -6.12.